The minimum Gasteiger partial charge on any atom is -0.459 e. The largest absolute Gasteiger partial charge is 0.459 e. The van der Waals surface area contributed by atoms with E-state index in [4.69, 9.17) is 47.4 Å². The first-order valence-corrected chi connectivity index (χ1v) is 17.7. The van der Waals surface area contributed by atoms with Crippen LogP contribution in [0.4, 0.5) is 0 Å². The van der Waals surface area contributed by atoms with Crippen molar-refractivity contribution in [3.05, 3.63) is 108 Å². The highest BCUT2D eigenvalue weighted by Crippen LogP contribution is 2.33. The smallest absolute Gasteiger partial charge is 0.338 e. The van der Waals surface area contributed by atoms with Crippen LogP contribution in [0.15, 0.2) is 91.0 Å². The van der Waals surface area contributed by atoms with Crippen molar-refractivity contribution in [2.75, 3.05) is 13.2 Å². The van der Waals surface area contributed by atoms with Crippen molar-refractivity contribution in [3.63, 3.8) is 0 Å². The van der Waals surface area contributed by atoms with Crippen LogP contribution in [0, 0.1) is 0 Å². The molecule has 9 atom stereocenters. The number of ether oxygens (including phenoxy) is 10. The highest BCUT2D eigenvalue weighted by Gasteiger charge is 2.55. The molecule has 0 aliphatic carbocycles. The van der Waals surface area contributed by atoms with Crippen molar-refractivity contribution in [3.8, 4) is 0 Å². The molecule has 0 radical (unpaired) electrons. The van der Waals surface area contributed by atoms with E-state index in [9.17, 15) is 33.6 Å². The van der Waals surface area contributed by atoms with Gasteiger partial charge in [0, 0.05) is 27.7 Å². The van der Waals surface area contributed by atoms with Gasteiger partial charge in [-0.2, -0.15) is 0 Å². The van der Waals surface area contributed by atoms with Gasteiger partial charge in [0.25, 0.3) is 0 Å². The second-order valence-corrected chi connectivity index (χ2v) is 12.7. The quantitative estimate of drug-likeness (QED) is 0.169. The minimum absolute atomic E-state index is 0.124. The van der Waals surface area contributed by atoms with Gasteiger partial charge in [-0.15, -0.1) is 0 Å². The highest BCUT2D eigenvalue weighted by molar-refractivity contribution is 5.91. The number of esters is 7. The third kappa shape index (κ3) is 11.4. The molecule has 0 bridgehead atoms. The maximum atomic E-state index is 13.5. The van der Waals surface area contributed by atoms with Crippen LogP contribution in [-0.4, -0.2) is 110 Å². The standard InChI is InChI=1S/C40H40O17/c1-22(41)50-31-30(55-40(53-25(4)44)35(52-24(3)43)33(31)51-23(2)42)21-49-39-34(57-38(47)28-18-12-7-13-19-28)32(56-37(46)27-16-10-6-11-17-27)29(54-39)20-48-36(45)26-14-8-5-9-15-26/h5-19,29-35,39-40H,20-21H2,1-4H3/t29-,30+,31+,32-,33-,34+,35+,39-,40+/m1/s1. The molecule has 17 heteroatoms. The Morgan fingerprint density at radius 2 is 0.789 bits per heavy atom. The molecule has 0 N–H and O–H groups in total. The van der Waals surface area contributed by atoms with Gasteiger partial charge in [-0.05, 0) is 36.4 Å². The number of rotatable bonds is 14. The maximum absolute atomic E-state index is 13.5. The summed E-state index contributed by atoms with van der Waals surface area (Å²) in [5.41, 5.74) is 0.486. The number of hydrogen-bond acceptors (Lipinski definition) is 17. The molecule has 3 aromatic carbocycles. The fraction of sp³-hybridized carbons (Fsp3) is 0.375. The molecule has 0 unspecified atom stereocenters. The second-order valence-electron chi connectivity index (χ2n) is 12.7. The molecule has 57 heavy (non-hydrogen) atoms. The van der Waals surface area contributed by atoms with E-state index in [1.54, 1.807) is 54.6 Å². The van der Waals surface area contributed by atoms with E-state index in [1.807, 2.05) is 0 Å². The van der Waals surface area contributed by atoms with Crippen molar-refractivity contribution in [2.45, 2.75) is 83.0 Å². The molecule has 2 saturated heterocycles. The Morgan fingerprint density at radius 3 is 1.28 bits per heavy atom. The van der Waals surface area contributed by atoms with Crippen LogP contribution >= 0.6 is 0 Å². The number of hydrogen-bond donors (Lipinski definition) is 0. The van der Waals surface area contributed by atoms with Gasteiger partial charge in [-0.3, -0.25) is 19.2 Å². The predicted molar refractivity (Wildman–Crippen MR) is 190 cm³/mol. The molecule has 2 heterocycles. The molecule has 0 saturated carbocycles. The topological polar surface area (TPSA) is 212 Å². The number of benzene rings is 3. The lowest BCUT2D eigenvalue weighted by Gasteiger charge is -2.43. The lowest BCUT2D eigenvalue weighted by molar-refractivity contribution is -0.307. The van der Waals surface area contributed by atoms with Gasteiger partial charge in [-0.1, -0.05) is 54.6 Å². The van der Waals surface area contributed by atoms with Crippen LogP contribution in [0.25, 0.3) is 0 Å². The van der Waals surface area contributed by atoms with Crippen molar-refractivity contribution >= 4 is 41.8 Å². The molecule has 0 spiro atoms. The van der Waals surface area contributed by atoms with E-state index in [0.29, 0.717) is 0 Å². The zero-order valence-corrected chi connectivity index (χ0v) is 31.2. The summed E-state index contributed by atoms with van der Waals surface area (Å²) >= 11 is 0. The van der Waals surface area contributed by atoms with Crippen LogP contribution < -0.4 is 0 Å². The minimum atomic E-state index is -1.70. The van der Waals surface area contributed by atoms with Crippen LogP contribution in [0.3, 0.4) is 0 Å². The molecular formula is C40H40O17. The van der Waals surface area contributed by atoms with Crippen LogP contribution in [0.2, 0.25) is 0 Å². The van der Waals surface area contributed by atoms with E-state index in [2.05, 4.69) is 0 Å². The van der Waals surface area contributed by atoms with E-state index in [0.717, 1.165) is 27.7 Å². The first-order valence-electron chi connectivity index (χ1n) is 17.7. The Kier molecular flexibility index (Phi) is 14.4. The average Bonchev–Trinajstić information content (AvgIpc) is 3.50. The highest BCUT2D eigenvalue weighted by atomic mass is 16.8. The maximum Gasteiger partial charge on any atom is 0.338 e. The molecule has 5 rings (SSSR count). The fourth-order valence-corrected chi connectivity index (χ4v) is 6.01. The summed E-state index contributed by atoms with van der Waals surface area (Å²) in [7, 11) is 0. The Bertz CT molecular complexity index is 1890. The molecular weight excluding hydrogens is 752 g/mol. The van der Waals surface area contributed by atoms with Gasteiger partial charge in [0.05, 0.1) is 23.3 Å². The Labute approximate surface area is 326 Å². The number of carbonyl (C=O) groups excluding carboxylic acids is 7. The van der Waals surface area contributed by atoms with Gasteiger partial charge in [0.1, 0.15) is 18.8 Å². The molecule has 3 aromatic rings. The average molecular weight is 793 g/mol. The second kappa shape index (κ2) is 19.6. The molecule has 2 fully saturated rings. The first kappa shape index (κ1) is 42.0. The third-order valence-corrected chi connectivity index (χ3v) is 8.37. The van der Waals surface area contributed by atoms with Gasteiger partial charge >= 0.3 is 41.8 Å². The van der Waals surface area contributed by atoms with Gasteiger partial charge in [0.15, 0.2) is 30.7 Å². The van der Waals surface area contributed by atoms with Gasteiger partial charge < -0.3 is 47.4 Å². The van der Waals surface area contributed by atoms with Crippen LogP contribution in [-0.2, 0) is 66.5 Å². The summed E-state index contributed by atoms with van der Waals surface area (Å²) in [4.78, 5) is 88.8. The molecule has 2 aliphatic rings. The zero-order chi connectivity index (χ0) is 41.1. The summed E-state index contributed by atoms with van der Waals surface area (Å²) in [5, 5.41) is 0. The molecule has 302 valence electrons. The Morgan fingerprint density at radius 1 is 0.421 bits per heavy atom. The Hall–Kier alpha value is -6.17. The molecule has 17 nitrogen and oxygen atoms in total. The lowest BCUT2D eigenvalue weighted by atomic mass is 9.98. The SMILES string of the molecule is CC(=O)O[C@H]1O[C@@H](CO[C@@H]2O[C@H](COC(=O)c3ccccc3)[C@@H](OC(=O)c3ccccc3)[C@@H]2OC(=O)c2ccccc2)[C@H](OC(C)=O)[C@@H](OC(C)=O)[C@@H]1OC(C)=O. The van der Waals surface area contributed by atoms with Crippen LogP contribution in [0.5, 0.6) is 0 Å². The van der Waals surface area contributed by atoms with Crippen molar-refractivity contribution in [2.24, 2.45) is 0 Å². The van der Waals surface area contributed by atoms with Gasteiger partial charge in [0.2, 0.25) is 12.4 Å². The van der Waals surface area contributed by atoms with E-state index >= 15 is 0 Å². The molecule has 0 aromatic heterocycles. The van der Waals surface area contributed by atoms with Crippen molar-refractivity contribution in [1.29, 1.82) is 0 Å². The summed E-state index contributed by atoms with van der Waals surface area (Å²) < 4.78 is 57.1. The number of carbonyl (C=O) groups is 7. The summed E-state index contributed by atoms with van der Waals surface area (Å²) in [6.45, 7) is 3.08. The normalized spacial score (nSPS) is 25.2. The fourth-order valence-electron chi connectivity index (χ4n) is 6.01. The van der Waals surface area contributed by atoms with Crippen molar-refractivity contribution < 1.29 is 80.9 Å². The summed E-state index contributed by atoms with van der Waals surface area (Å²) in [6.07, 6.45) is -13.7. The zero-order valence-electron chi connectivity index (χ0n) is 31.2. The monoisotopic (exact) mass is 792 g/mol. The Balaban J connectivity index is 1.48. The third-order valence-electron chi connectivity index (χ3n) is 8.37. The van der Waals surface area contributed by atoms with Crippen molar-refractivity contribution in [1.82, 2.24) is 0 Å². The van der Waals surface area contributed by atoms with E-state index in [1.165, 1.54) is 36.4 Å². The molecule has 0 amide bonds. The first-order chi connectivity index (χ1) is 27.3. The summed E-state index contributed by atoms with van der Waals surface area (Å²) in [6, 6.07) is 23.8. The predicted octanol–water partition coefficient (Wildman–Crippen LogP) is 3.12. The van der Waals surface area contributed by atoms with E-state index < -0.39 is 110 Å². The van der Waals surface area contributed by atoms with Crippen LogP contribution in [0.1, 0.15) is 58.8 Å². The lowest BCUT2D eigenvalue weighted by Crippen LogP contribution is -2.63. The molecule has 2 aliphatic heterocycles. The summed E-state index contributed by atoms with van der Waals surface area (Å²) in [5.74, 6) is -5.90. The van der Waals surface area contributed by atoms with Gasteiger partial charge in [-0.25, -0.2) is 14.4 Å². The van der Waals surface area contributed by atoms with E-state index in [-0.39, 0.29) is 16.7 Å².